The smallest absolute Gasteiger partial charge is 0.251 e. The average Bonchev–Trinajstić information content (AvgIpc) is 2.54. The van der Waals surface area contributed by atoms with Gasteiger partial charge in [0.25, 0.3) is 5.91 Å². The minimum atomic E-state index is -3.23. The molecule has 7 nitrogen and oxygen atoms in total. The van der Waals surface area contributed by atoms with Crippen molar-refractivity contribution in [3.05, 3.63) is 23.8 Å². The number of benzene rings is 1. The van der Waals surface area contributed by atoms with Crippen LogP contribution in [0.25, 0.3) is 0 Å². The Hall–Kier alpha value is -1.80. The summed E-state index contributed by atoms with van der Waals surface area (Å²) in [7, 11) is -3.23. The molecule has 1 amide bonds. The predicted octanol–water partition coefficient (Wildman–Crippen LogP) is 0.612. The maximum absolute atomic E-state index is 12.4. The molecular weight excluding hydrogens is 320 g/mol. The molecule has 1 aromatic rings. The Bertz CT molecular complexity index is 704. The molecule has 1 atom stereocenters. The summed E-state index contributed by atoms with van der Waals surface area (Å²) in [5.74, 6) is 0.960. The number of amides is 1. The largest absolute Gasteiger partial charge is 0.486 e. The van der Waals surface area contributed by atoms with Crippen LogP contribution in [0.5, 0.6) is 11.5 Å². The van der Waals surface area contributed by atoms with E-state index >= 15 is 0 Å². The van der Waals surface area contributed by atoms with Gasteiger partial charge in [-0.1, -0.05) is 0 Å². The zero-order valence-electron chi connectivity index (χ0n) is 12.9. The van der Waals surface area contributed by atoms with Crippen LogP contribution in [0.15, 0.2) is 18.2 Å². The van der Waals surface area contributed by atoms with Crippen molar-refractivity contribution < 1.29 is 22.7 Å². The lowest BCUT2D eigenvalue weighted by Gasteiger charge is -2.31. The number of rotatable bonds is 3. The van der Waals surface area contributed by atoms with Crippen LogP contribution >= 0.6 is 0 Å². The number of nitrogens with zero attached hydrogens (tertiary/aromatic N) is 1. The van der Waals surface area contributed by atoms with Gasteiger partial charge in [0.15, 0.2) is 11.5 Å². The number of ether oxygens (including phenoxy) is 2. The summed E-state index contributed by atoms with van der Waals surface area (Å²) < 4.78 is 35.6. The van der Waals surface area contributed by atoms with Crippen molar-refractivity contribution in [2.75, 3.05) is 32.6 Å². The van der Waals surface area contributed by atoms with E-state index < -0.39 is 10.0 Å². The monoisotopic (exact) mass is 340 g/mol. The van der Waals surface area contributed by atoms with Crippen molar-refractivity contribution >= 4 is 15.9 Å². The van der Waals surface area contributed by atoms with Gasteiger partial charge in [-0.3, -0.25) is 4.79 Å². The zero-order valence-corrected chi connectivity index (χ0v) is 13.8. The second-order valence-corrected chi connectivity index (χ2v) is 7.77. The molecule has 8 heteroatoms. The van der Waals surface area contributed by atoms with Crippen molar-refractivity contribution in [2.45, 2.75) is 18.9 Å². The quantitative estimate of drug-likeness (QED) is 0.871. The molecule has 2 aliphatic heterocycles. The van der Waals surface area contributed by atoms with E-state index in [9.17, 15) is 13.2 Å². The molecule has 23 heavy (non-hydrogen) atoms. The summed E-state index contributed by atoms with van der Waals surface area (Å²) in [6.45, 7) is 1.79. The van der Waals surface area contributed by atoms with E-state index in [-0.39, 0.29) is 11.9 Å². The van der Waals surface area contributed by atoms with Gasteiger partial charge in [0.1, 0.15) is 13.2 Å². The molecule has 0 radical (unpaired) electrons. The van der Waals surface area contributed by atoms with Gasteiger partial charge in [0, 0.05) is 24.7 Å². The van der Waals surface area contributed by atoms with Gasteiger partial charge in [-0.25, -0.2) is 12.7 Å². The van der Waals surface area contributed by atoms with Crippen molar-refractivity contribution in [3.8, 4) is 11.5 Å². The van der Waals surface area contributed by atoms with Crippen LogP contribution in [0.1, 0.15) is 23.2 Å². The molecule has 0 aromatic heterocycles. The molecule has 0 bridgehead atoms. The van der Waals surface area contributed by atoms with Gasteiger partial charge in [-0.2, -0.15) is 0 Å². The van der Waals surface area contributed by atoms with Crippen molar-refractivity contribution in [2.24, 2.45) is 0 Å². The normalized spacial score (nSPS) is 21.7. The fourth-order valence-corrected chi connectivity index (χ4v) is 3.73. The molecule has 1 unspecified atom stereocenters. The lowest BCUT2D eigenvalue weighted by molar-refractivity contribution is 0.0920. The molecule has 0 aliphatic carbocycles. The van der Waals surface area contributed by atoms with Crippen LogP contribution in [0.2, 0.25) is 0 Å². The van der Waals surface area contributed by atoms with Gasteiger partial charge >= 0.3 is 0 Å². The highest BCUT2D eigenvalue weighted by Gasteiger charge is 2.27. The van der Waals surface area contributed by atoms with Crippen molar-refractivity contribution in [1.29, 1.82) is 0 Å². The van der Waals surface area contributed by atoms with Crippen molar-refractivity contribution in [1.82, 2.24) is 9.62 Å². The number of nitrogens with one attached hydrogen (secondary N) is 1. The first kappa shape index (κ1) is 16.1. The number of piperidine rings is 1. The van der Waals surface area contributed by atoms with Crippen LogP contribution in [0.4, 0.5) is 0 Å². The number of sulfonamides is 1. The second-order valence-electron chi connectivity index (χ2n) is 5.79. The predicted molar refractivity (Wildman–Crippen MR) is 84.3 cm³/mol. The first-order valence-electron chi connectivity index (χ1n) is 7.59. The van der Waals surface area contributed by atoms with E-state index in [1.54, 1.807) is 18.2 Å². The van der Waals surface area contributed by atoms with Crippen LogP contribution in [0.3, 0.4) is 0 Å². The highest BCUT2D eigenvalue weighted by Crippen LogP contribution is 2.30. The standard InChI is InChI=1S/C15H20N2O5S/c1-23(19,20)17-6-2-3-12(10-17)16-15(18)11-4-5-13-14(9-11)22-8-7-21-13/h4-5,9,12H,2-3,6-8,10H2,1H3,(H,16,18). The highest BCUT2D eigenvalue weighted by atomic mass is 32.2. The maximum Gasteiger partial charge on any atom is 0.251 e. The molecule has 1 N–H and O–H groups in total. The van der Waals surface area contributed by atoms with Crippen LogP contribution < -0.4 is 14.8 Å². The zero-order chi connectivity index (χ0) is 16.4. The van der Waals surface area contributed by atoms with Crippen LogP contribution in [-0.4, -0.2) is 57.2 Å². The number of hydrogen-bond donors (Lipinski definition) is 1. The molecule has 0 saturated carbocycles. The second kappa shape index (κ2) is 6.37. The minimum absolute atomic E-state index is 0.181. The fraction of sp³-hybridized carbons (Fsp3) is 0.533. The van der Waals surface area contributed by atoms with E-state index in [0.717, 1.165) is 12.8 Å². The third kappa shape index (κ3) is 3.76. The van der Waals surface area contributed by atoms with Gasteiger partial charge in [-0.15, -0.1) is 0 Å². The molecule has 2 heterocycles. The molecular formula is C15H20N2O5S. The molecule has 2 aliphatic rings. The van der Waals surface area contributed by atoms with Gasteiger partial charge < -0.3 is 14.8 Å². The fourth-order valence-electron chi connectivity index (χ4n) is 2.81. The highest BCUT2D eigenvalue weighted by molar-refractivity contribution is 7.88. The molecule has 3 rings (SSSR count). The first-order chi connectivity index (χ1) is 10.9. The summed E-state index contributed by atoms with van der Waals surface area (Å²) in [4.78, 5) is 12.4. The number of fused-ring (bicyclic) bond motifs is 1. The van der Waals surface area contributed by atoms with Gasteiger partial charge in [0.05, 0.1) is 6.26 Å². The number of carbonyl (C=O) groups is 1. The van der Waals surface area contributed by atoms with Gasteiger partial charge in [-0.05, 0) is 31.0 Å². The summed E-state index contributed by atoms with van der Waals surface area (Å²) >= 11 is 0. The summed E-state index contributed by atoms with van der Waals surface area (Å²) in [6, 6.07) is 4.87. The molecule has 1 fully saturated rings. The Kier molecular flexibility index (Phi) is 4.45. The van der Waals surface area contributed by atoms with E-state index in [0.29, 0.717) is 43.4 Å². The molecule has 0 spiro atoms. The first-order valence-corrected chi connectivity index (χ1v) is 9.44. The van der Waals surface area contributed by atoms with E-state index in [2.05, 4.69) is 5.32 Å². The average molecular weight is 340 g/mol. The van der Waals surface area contributed by atoms with E-state index in [4.69, 9.17) is 9.47 Å². The maximum atomic E-state index is 12.4. The van der Waals surface area contributed by atoms with Crippen LogP contribution in [-0.2, 0) is 10.0 Å². The number of carbonyl (C=O) groups excluding carboxylic acids is 1. The number of hydrogen-bond acceptors (Lipinski definition) is 5. The Morgan fingerprint density at radius 3 is 2.74 bits per heavy atom. The lowest BCUT2D eigenvalue weighted by atomic mass is 10.1. The topological polar surface area (TPSA) is 84.9 Å². The molecule has 1 saturated heterocycles. The summed E-state index contributed by atoms with van der Waals surface area (Å²) in [5.41, 5.74) is 0.478. The minimum Gasteiger partial charge on any atom is -0.486 e. The van der Waals surface area contributed by atoms with E-state index in [1.807, 2.05) is 0 Å². The Morgan fingerprint density at radius 2 is 2.00 bits per heavy atom. The third-order valence-corrected chi connectivity index (χ3v) is 5.26. The van der Waals surface area contributed by atoms with Gasteiger partial charge in [0.2, 0.25) is 10.0 Å². The van der Waals surface area contributed by atoms with E-state index in [1.165, 1.54) is 10.6 Å². The lowest BCUT2D eigenvalue weighted by Crippen LogP contribution is -2.49. The Morgan fingerprint density at radius 1 is 1.26 bits per heavy atom. The molecule has 126 valence electrons. The van der Waals surface area contributed by atoms with Crippen molar-refractivity contribution in [3.63, 3.8) is 0 Å². The third-order valence-electron chi connectivity index (χ3n) is 3.99. The summed E-state index contributed by atoms with van der Waals surface area (Å²) in [5, 5.41) is 2.90. The Balaban J connectivity index is 1.67. The Labute approximate surface area is 135 Å². The summed E-state index contributed by atoms with van der Waals surface area (Å²) in [6.07, 6.45) is 2.69. The SMILES string of the molecule is CS(=O)(=O)N1CCCC(NC(=O)c2ccc3c(c2)OCCO3)C1. The van der Waals surface area contributed by atoms with Crippen LogP contribution in [0, 0.1) is 0 Å². The molecule has 1 aromatic carbocycles.